The van der Waals surface area contributed by atoms with Gasteiger partial charge in [0.2, 0.25) is 5.91 Å². The van der Waals surface area contributed by atoms with Gasteiger partial charge < -0.3 is 10.2 Å². The van der Waals surface area contributed by atoms with Crippen molar-refractivity contribution in [2.75, 3.05) is 29.1 Å². The normalized spacial score (nSPS) is 14.3. The van der Waals surface area contributed by atoms with E-state index in [2.05, 4.69) is 20.4 Å². The molecule has 0 aliphatic carbocycles. The number of hydrogen-bond acceptors (Lipinski definition) is 6. The number of hydrogen-bond donors (Lipinski definition) is 1. The van der Waals surface area contributed by atoms with Gasteiger partial charge in [-0.3, -0.25) is 4.79 Å². The first-order valence-corrected chi connectivity index (χ1v) is 9.57. The molecule has 1 fully saturated rings. The molecule has 1 saturated heterocycles. The van der Waals surface area contributed by atoms with E-state index in [0.29, 0.717) is 10.8 Å². The fraction of sp³-hybridized carbons (Fsp3) is 0.400. The van der Waals surface area contributed by atoms with E-state index in [1.807, 2.05) is 25.1 Å². The second-order valence-corrected chi connectivity index (χ2v) is 8.12. The minimum atomic E-state index is -0.0643. The Morgan fingerprint density at radius 1 is 1.39 bits per heavy atom. The molecule has 0 atom stereocenters. The smallest absolute Gasteiger partial charge is 0.234 e. The van der Waals surface area contributed by atoms with E-state index in [-0.39, 0.29) is 5.91 Å². The summed E-state index contributed by atoms with van der Waals surface area (Å²) in [6.07, 6.45) is 2.37. The Labute approximate surface area is 148 Å². The zero-order valence-electron chi connectivity index (χ0n) is 12.7. The fourth-order valence-electron chi connectivity index (χ4n) is 2.49. The number of carbonyl (C=O) groups is 1. The lowest BCUT2D eigenvalue weighted by molar-refractivity contribution is -0.113. The molecule has 0 bridgehead atoms. The van der Waals surface area contributed by atoms with Crippen molar-refractivity contribution in [3.8, 4) is 0 Å². The summed E-state index contributed by atoms with van der Waals surface area (Å²) in [6, 6.07) is 5.65. The van der Waals surface area contributed by atoms with Crippen LogP contribution in [0.15, 0.2) is 22.5 Å². The average Bonchev–Trinajstić information content (AvgIpc) is 3.17. The van der Waals surface area contributed by atoms with Gasteiger partial charge in [0.25, 0.3) is 0 Å². The lowest BCUT2D eigenvalue weighted by atomic mass is 10.2. The van der Waals surface area contributed by atoms with Crippen LogP contribution in [0, 0.1) is 6.92 Å². The molecule has 1 aromatic heterocycles. The summed E-state index contributed by atoms with van der Waals surface area (Å²) in [7, 11) is 0. The van der Waals surface area contributed by atoms with Crippen molar-refractivity contribution in [2.45, 2.75) is 24.1 Å². The molecular weight excluding hydrogens is 352 g/mol. The summed E-state index contributed by atoms with van der Waals surface area (Å²) in [5, 5.41) is 12.5. The number of rotatable bonds is 5. The van der Waals surface area contributed by atoms with Crippen LogP contribution in [0.2, 0.25) is 5.02 Å². The van der Waals surface area contributed by atoms with Crippen LogP contribution in [0.4, 0.5) is 11.4 Å². The van der Waals surface area contributed by atoms with Crippen LogP contribution in [0.5, 0.6) is 0 Å². The molecule has 0 saturated carbocycles. The summed E-state index contributed by atoms with van der Waals surface area (Å²) in [5.74, 6) is 0.242. The summed E-state index contributed by atoms with van der Waals surface area (Å²) >= 11 is 8.98. The number of anilines is 2. The van der Waals surface area contributed by atoms with Crippen molar-refractivity contribution in [3.05, 3.63) is 28.2 Å². The van der Waals surface area contributed by atoms with Crippen LogP contribution in [0.25, 0.3) is 0 Å². The lowest BCUT2D eigenvalue weighted by Crippen LogP contribution is -2.21. The third kappa shape index (κ3) is 4.37. The molecular formula is C15H17ClN4OS2. The monoisotopic (exact) mass is 368 g/mol. The number of halogens is 1. The van der Waals surface area contributed by atoms with Crippen LogP contribution in [0.1, 0.15) is 17.8 Å². The SMILES string of the molecule is Cc1nnc(SCC(=O)Nc2cc(Cl)ccc2N2CCCC2)s1. The van der Waals surface area contributed by atoms with E-state index in [1.165, 1.54) is 35.9 Å². The minimum absolute atomic E-state index is 0.0643. The van der Waals surface area contributed by atoms with E-state index >= 15 is 0 Å². The number of aromatic nitrogens is 2. The first-order valence-electron chi connectivity index (χ1n) is 7.39. The Bertz CT molecular complexity index is 701. The van der Waals surface area contributed by atoms with Gasteiger partial charge in [-0.05, 0) is 38.0 Å². The zero-order valence-corrected chi connectivity index (χ0v) is 15.1. The highest BCUT2D eigenvalue weighted by molar-refractivity contribution is 8.01. The molecule has 2 heterocycles. The second kappa shape index (κ2) is 7.51. The van der Waals surface area contributed by atoms with Gasteiger partial charge in [-0.25, -0.2) is 0 Å². The topological polar surface area (TPSA) is 58.1 Å². The standard InChI is InChI=1S/C15H17ClN4OS2/c1-10-18-19-15(23-10)22-9-14(21)17-12-8-11(16)4-5-13(12)20-6-2-3-7-20/h4-5,8H,2-3,6-7,9H2,1H3,(H,17,21). The van der Waals surface area contributed by atoms with Crippen molar-refractivity contribution in [1.82, 2.24) is 10.2 Å². The third-order valence-electron chi connectivity index (χ3n) is 3.51. The molecule has 1 amide bonds. The summed E-state index contributed by atoms with van der Waals surface area (Å²) in [4.78, 5) is 14.5. The molecule has 8 heteroatoms. The van der Waals surface area contributed by atoms with Crippen LogP contribution in [-0.2, 0) is 4.79 Å². The van der Waals surface area contributed by atoms with E-state index in [0.717, 1.165) is 33.8 Å². The van der Waals surface area contributed by atoms with Gasteiger partial charge in [0, 0.05) is 18.1 Å². The number of benzene rings is 1. The molecule has 1 aromatic carbocycles. The van der Waals surface area contributed by atoms with Crippen molar-refractivity contribution < 1.29 is 4.79 Å². The molecule has 0 radical (unpaired) electrons. The van der Waals surface area contributed by atoms with Crippen LogP contribution >= 0.6 is 34.7 Å². The Balaban J connectivity index is 1.66. The van der Waals surface area contributed by atoms with Gasteiger partial charge in [0.05, 0.1) is 17.1 Å². The van der Waals surface area contributed by atoms with Gasteiger partial charge in [0.1, 0.15) is 5.01 Å². The maximum absolute atomic E-state index is 12.2. The second-order valence-electron chi connectivity index (χ2n) is 5.28. The molecule has 0 spiro atoms. The zero-order chi connectivity index (χ0) is 16.2. The average molecular weight is 369 g/mol. The first-order chi connectivity index (χ1) is 11.1. The van der Waals surface area contributed by atoms with Crippen LogP contribution < -0.4 is 10.2 Å². The fourth-order valence-corrected chi connectivity index (χ4v) is 4.28. The predicted octanol–water partition coefficient (Wildman–Crippen LogP) is 3.83. The lowest BCUT2D eigenvalue weighted by Gasteiger charge is -2.21. The molecule has 122 valence electrons. The molecule has 3 rings (SSSR count). The van der Waals surface area contributed by atoms with E-state index in [9.17, 15) is 4.79 Å². The van der Waals surface area contributed by atoms with Gasteiger partial charge in [0.15, 0.2) is 4.34 Å². The first kappa shape index (κ1) is 16.5. The maximum Gasteiger partial charge on any atom is 0.234 e. The van der Waals surface area contributed by atoms with Gasteiger partial charge >= 0.3 is 0 Å². The summed E-state index contributed by atoms with van der Waals surface area (Å²) < 4.78 is 0.809. The molecule has 2 aromatic rings. The van der Waals surface area contributed by atoms with E-state index < -0.39 is 0 Å². The molecule has 1 aliphatic heterocycles. The van der Waals surface area contributed by atoms with Gasteiger partial charge in [-0.1, -0.05) is 34.7 Å². The molecule has 5 nitrogen and oxygen atoms in total. The van der Waals surface area contributed by atoms with Gasteiger partial charge in [-0.15, -0.1) is 10.2 Å². The molecule has 0 unspecified atom stereocenters. The maximum atomic E-state index is 12.2. The largest absolute Gasteiger partial charge is 0.370 e. The van der Waals surface area contributed by atoms with Gasteiger partial charge in [-0.2, -0.15) is 0 Å². The highest BCUT2D eigenvalue weighted by atomic mass is 35.5. The number of thioether (sulfide) groups is 1. The van der Waals surface area contributed by atoms with Crippen LogP contribution in [0.3, 0.4) is 0 Å². The highest BCUT2D eigenvalue weighted by Gasteiger charge is 2.17. The van der Waals surface area contributed by atoms with E-state index in [1.54, 1.807) is 0 Å². The van der Waals surface area contributed by atoms with Crippen molar-refractivity contribution in [2.24, 2.45) is 0 Å². The number of carbonyl (C=O) groups excluding carboxylic acids is 1. The molecule has 1 N–H and O–H groups in total. The highest BCUT2D eigenvalue weighted by Crippen LogP contribution is 2.32. The third-order valence-corrected chi connectivity index (χ3v) is 5.72. The van der Waals surface area contributed by atoms with Crippen molar-refractivity contribution >= 4 is 52.0 Å². The number of nitrogens with zero attached hydrogens (tertiary/aromatic N) is 3. The quantitative estimate of drug-likeness (QED) is 0.813. The van der Waals surface area contributed by atoms with Crippen molar-refractivity contribution in [3.63, 3.8) is 0 Å². The number of amides is 1. The number of aryl methyl sites for hydroxylation is 1. The summed E-state index contributed by atoms with van der Waals surface area (Å²) in [6.45, 7) is 3.93. The summed E-state index contributed by atoms with van der Waals surface area (Å²) in [5.41, 5.74) is 1.82. The van der Waals surface area contributed by atoms with Crippen LogP contribution in [-0.4, -0.2) is 34.9 Å². The van der Waals surface area contributed by atoms with Crippen molar-refractivity contribution in [1.29, 1.82) is 0 Å². The minimum Gasteiger partial charge on any atom is -0.370 e. The Morgan fingerprint density at radius 3 is 2.87 bits per heavy atom. The molecule has 23 heavy (non-hydrogen) atoms. The Morgan fingerprint density at radius 2 is 2.17 bits per heavy atom. The molecule has 1 aliphatic rings. The number of nitrogens with one attached hydrogen (secondary N) is 1. The Kier molecular flexibility index (Phi) is 5.40. The van der Waals surface area contributed by atoms with E-state index in [4.69, 9.17) is 11.6 Å². The Hall–Kier alpha value is -1.31. The predicted molar refractivity (Wildman–Crippen MR) is 96.9 cm³/mol.